The highest BCUT2D eigenvalue weighted by atomic mass is 19.4. The predicted molar refractivity (Wildman–Crippen MR) is 101 cm³/mol. The highest BCUT2D eigenvalue weighted by Crippen LogP contribution is 2.26. The Kier molecular flexibility index (Phi) is 6.92. The van der Waals surface area contributed by atoms with E-state index in [4.69, 9.17) is 0 Å². The van der Waals surface area contributed by atoms with E-state index in [-0.39, 0.29) is 12.3 Å². The first-order valence-corrected chi connectivity index (χ1v) is 8.33. The molecule has 0 unspecified atom stereocenters. The number of aliphatic imine (C=N–C) groups is 1. The maximum absolute atomic E-state index is 12.5. The van der Waals surface area contributed by atoms with Crippen molar-refractivity contribution >= 4 is 11.6 Å². The van der Waals surface area contributed by atoms with Gasteiger partial charge in [0.25, 0.3) is 0 Å². The molecule has 0 saturated carbocycles. The van der Waals surface area contributed by atoms with Gasteiger partial charge in [0.1, 0.15) is 5.75 Å². The number of ether oxygens (including phenoxy) is 1. The van der Waals surface area contributed by atoms with Crippen molar-refractivity contribution in [2.75, 3.05) is 26.0 Å². The molecule has 2 rings (SSSR count). The molecule has 146 valence electrons. The Bertz CT molecular complexity index is 758. The number of anilines is 1. The van der Waals surface area contributed by atoms with Gasteiger partial charge in [-0.2, -0.15) is 0 Å². The zero-order valence-electron chi connectivity index (χ0n) is 15.5. The van der Waals surface area contributed by atoms with E-state index in [2.05, 4.69) is 20.4 Å². The normalized spacial score (nSPS) is 11.9. The third kappa shape index (κ3) is 6.73. The van der Waals surface area contributed by atoms with E-state index in [0.29, 0.717) is 18.1 Å². The minimum absolute atomic E-state index is 0.144. The van der Waals surface area contributed by atoms with Crippen LogP contribution in [0.1, 0.15) is 11.1 Å². The lowest BCUT2D eigenvalue weighted by atomic mass is 10.2. The van der Waals surface area contributed by atoms with E-state index in [1.54, 1.807) is 19.2 Å². The molecule has 0 fully saturated rings. The molecule has 27 heavy (non-hydrogen) atoms. The van der Waals surface area contributed by atoms with Gasteiger partial charge in [-0.3, -0.25) is 4.99 Å². The van der Waals surface area contributed by atoms with Gasteiger partial charge in [0.2, 0.25) is 0 Å². The lowest BCUT2D eigenvalue weighted by molar-refractivity contribution is -0.274. The fraction of sp³-hybridized carbons (Fsp3) is 0.316. The van der Waals surface area contributed by atoms with Crippen LogP contribution >= 0.6 is 0 Å². The van der Waals surface area contributed by atoms with Crippen LogP contribution in [0.3, 0.4) is 0 Å². The van der Waals surface area contributed by atoms with Crippen molar-refractivity contribution in [1.82, 2.24) is 10.6 Å². The Morgan fingerprint density at radius 3 is 2.22 bits per heavy atom. The summed E-state index contributed by atoms with van der Waals surface area (Å²) in [4.78, 5) is 6.10. The summed E-state index contributed by atoms with van der Waals surface area (Å²) in [6.07, 6.45) is -4.73. The topological polar surface area (TPSA) is 48.9 Å². The van der Waals surface area contributed by atoms with Crippen molar-refractivity contribution in [3.63, 3.8) is 0 Å². The van der Waals surface area contributed by atoms with Crippen LogP contribution in [-0.2, 0) is 13.1 Å². The van der Waals surface area contributed by atoms with E-state index in [9.17, 15) is 13.2 Å². The molecular formula is C19H23F3N4O. The summed E-state index contributed by atoms with van der Waals surface area (Å²) in [5.41, 5.74) is 2.54. The zero-order valence-corrected chi connectivity index (χ0v) is 15.5. The molecule has 0 atom stereocenters. The first kappa shape index (κ1) is 20.4. The molecule has 0 aromatic heterocycles. The van der Waals surface area contributed by atoms with Crippen LogP contribution in [0.4, 0.5) is 18.9 Å². The van der Waals surface area contributed by atoms with Crippen molar-refractivity contribution < 1.29 is 17.9 Å². The molecule has 2 aromatic rings. The van der Waals surface area contributed by atoms with Gasteiger partial charge >= 0.3 is 6.36 Å². The maximum atomic E-state index is 12.5. The van der Waals surface area contributed by atoms with E-state index < -0.39 is 6.36 Å². The maximum Gasteiger partial charge on any atom is 0.573 e. The van der Waals surface area contributed by atoms with Crippen molar-refractivity contribution in [1.29, 1.82) is 0 Å². The highest BCUT2D eigenvalue weighted by molar-refractivity contribution is 5.79. The lowest BCUT2D eigenvalue weighted by Crippen LogP contribution is -2.36. The van der Waals surface area contributed by atoms with Crippen LogP contribution in [0.5, 0.6) is 5.75 Å². The molecule has 0 aliphatic rings. The standard InChI is InChI=1S/C19H23F3N4O/c1-23-18(24-12-14-8-10-16(11-9-14)26(2)3)25-13-15-6-4-5-7-17(15)27-19(20,21)22/h4-11H,12-13H2,1-3H3,(H2,23,24,25). The van der Waals surface area contributed by atoms with Crippen molar-refractivity contribution in [2.24, 2.45) is 4.99 Å². The van der Waals surface area contributed by atoms with Crippen LogP contribution in [0, 0.1) is 0 Å². The molecule has 0 amide bonds. The van der Waals surface area contributed by atoms with Crippen LogP contribution in [0.15, 0.2) is 53.5 Å². The van der Waals surface area contributed by atoms with E-state index in [0.717, 1.165) is 11.3 Å². The van der Waals surface area contributed by atoms with Gasteiger partial charge < -0.3 is 20.3 Å². The number of halogens is 3. The second-order valence-electron chi connectivity index (χ2n) is 6.00. The van der Waals surface area contributed by atoms with Gasteiger partial charge in [0, 0.05) is 45.5 Å². The molecule has 8 heteroatoms. The molecule has 0 saturated heterocycles. The van der Waals surface area contributed by atoms with E-state index in [1.807, 2.05) is 43.3 Å². The van der Waals surface area contributed by atoms with Crippen molar-refractivity contribution in [2.45, 2.75) is 19.5 Å². The molecule has 0 bridgehead atoms. The summed E-state index contributed by atoms with van der Waals surface area (Å²) >= 11 is 0. The highest BCUT2D eigenvalue weighted by Gasteiger charge is 2.31. The second kappa shape index (κ2) is 9.16. The SMILES string of the molecule is CN=C(NCc1ccc(N(C)C)cc1)NCc1ccccc1OC(F)(F)F. The summed E-state index contributed by atoms with van der Waals surface area (Å²) in [7, 11) is 5.54. The van der Waals surface area contributed by atoms with Gasteiger partial charge in [0.15, 0.2) is 5.96 Å². The fourth-order valence-corrected chi connectivity index (χ4v) is 2.37. The monoisotopic (exact) mass is 380 g/mol. The number of guanidine groups is 1. The number of rotatable bonds is 6. The number of benzene rings is 2. The molecular weight excluding hydrogens is 357 g/mol. The molecule has 0 aliphatic heterocycles. The van der Waals surface area contributed by atoms with Crippen molar-refractivity contribution in [3.05, 3.63) is 59.7 Å². The first-order chi connectivity index (χ1) is 12.8. The minimum atomic E-state index is -4.73. The van der Waals surface area contributed by atoms with E-state index >= 15 is 0 Å². The predicted octanol–water partition coefficient (Wildman–Crippen LogP) is 3.52. The summed E-state index contributed by atoms with van der Waals surface area (Å²) in [6.45, 7) is 0.680. The Morgan fingerprint density at radius 1 is 1.00 bits per heavy atom. The molecule has 0 spiro atoms. The van der Waals surface area contributed by atoms with Gasteiger partial charge in [-0.15, -0.1) is 13.2 Å². The number of alkyl halides is 3. The van der Waals surface area contributed by atoms with Crippen molar-refractivity contribution in [3.8, 4) is 5.75 Å². The summed E-state index contributed by atoms with van der Waals surface area (Å²) < 4.78 is 41.5. The number of para-hydroxylation sites is 1. The number of nitrogens with one attached hydrogen (secondary N) is 2. The molecule has 0 aliphatic carbocycles. The number of nitrogens with zero attached hydrogens (tertiary/aromatic N) is 2. The smallest absolute Gasteiger partial charge is 0.405 e. The molecule has 2 N–H and O–H groups in total. The Balaban J connectivity index is 1.93. The van der Waals surface area contributed by atoms with Crippen LogP contribution < -0.4 is 20.3 Å². The first-order valence-electron chi connectivity index (χ1n) is 8.33. The average molecular weight is 380 g/mol. The van der Waals surface area contributed by atoms with E-state index in [1.165, 1.54) is 12.1 Å². The zero-order chi connectivity index (χ0) is 19.9. The van der Waals surface area contributed by atoms with Gasteiger partial charge in [0.05, 0.1) is 0 Å². The molecule has 5 nitrogen and oxygen atoms in total. The third-order valence-corrected chi connectivity index (χ3v) is 3.78. The summed E-state index contributed by atoms with van der Waals surface area (Å²) in [5.74, 6) is 0.251. The largest absolute Gasteiger partial charge is 0.573 e. The number of hydrogen-bond acceptors (Lipinski definition) is 3. The summed E-state index contributed by atoms with van der Waals surface area (Å²) in [5, 5.41) is 6.13. The van der Waals surface area contributed by atoms with Crippen LogP contribution in [0.2, 0.25) is 0 Å². The molecule has 0 radical (unpaired) electrons. The molecule has 0 heterocycles. The van der Waals surface area contributed by atoms with Gasteiger partial charge in [-0.25, -0.2) is 0 Å². The quantitative estimate of drug-likeness (QED) is 0.595. The van der Waals surface area contributed by atoms with Gasteiger partial charge in [-0.1, -0.05) is 30.3 Å². The number of hydrogen-bond donors (Lipinski definition) is 2. The Labute approximate surface area is 156 Å². The Morgan fingerprint density at radius 2 is 1.63 bits per heavy atom. The minimum Gasteiger partial charge on any atom is -0.405 e. The molecule has 2 aromatic carbocycles. The summed E-state index contributed by atoms with van der Waals surface area (Å²) in [6, 6.07) is 14.0. The Hall–Kier alpha value is -2.90. The van der Waals surface area contributed by atoms with Crippen LogP contribution in [-0.4, -0.2) is 33.5 Å². The average Bonchev–Trinajstić information content (AvgIpc) is 2.62. The van der Waals surface area contributed by atoms with Gasteiger partial charge in [-0.05, 0) is 23.8 Å². The lowest BCUT2D eigenvalue weighted by Gasteiger charge is -2.16. The van der Waals surface area contributed by atoms with Crippen LogP contribution in [0.25, 0.3) is 0 Å². The third-order valence-electron chi connectivity index (χ3n) is 3.78. The fourth-order valence-electron chi connectivity index (χ4n) is 2.37. The second-order valence-corrected chi connectivity index (χ2v) is 6.00.